The number of carbonyl (C=O) groups excluding carboxylic acids is 1. The number of amides is 1. The lowest BCUT2D eigenvalue weighted by atomic mass is 9.85. The topological polar surface area (TPSA) is 75.4 Å². The van der Waals surface area contributed by atoms with Gasteiger partial charge >= 0.3 is 0 Å². The largest absolute Gasteiger partial charge is 0.396 e. The van der Waals surface area contributed by atoms with Crippen LogP contribution in [0.25, 0.3) is 0 Å². The summed E-state index contributed by atoms with van der Waals surface area (Å²) in [5, 5.41) is 12.2. The molecule has 4 N–H and O–H groups in total. The van der Waals surface area contributed by atoms with Crippen LogP contribution in [0.4, 0.5) is 0 Å². The Morgan fingerprint density at radius 2 is 2.20 bits per heavy atom. The second-order valence-electron chi connectivity index (χ2n) is 4.48. The standard InChI is InChI=1S/C11H22N2O2/c1-8(6-12)11(15)13-10-5-3-2-4-9(10)7-14/h8-10,14H,2-7,12H2,1H3,(H,13,15). The number of aliphatic hydroxyl groups excluding tert-OH is 1. The van der Waals surface area contributed by atoms with Crippen molar-refractivity contribution in [2.45, 2.75) is 38.6 Å². The Balaban J connectivity index is 2.44. The Morgan fingerprint density at radius 3 is 2.80 bits per heavy atom. The third-order valence-corrected chi connectivity index (χ3v) is 3.27. The summed E-state index contributed by atoms with van der Waals surface area (Å²) in [5.41, 5.74) is 5.44. The molecule has 1 amide bonds. The summed E-state index contributed by atoms with van der Waals surface area (Å²) in [6.45, 7) is 2.37. The molecule has 0 spiro atoms. The fourth-order valence-electron chi connectivity index (χ4n) is 2.05. The van der Waals surface area contributed by atoms with Crippen LogP contribution in [-0.4, -0.2) is 30.2 Å². The van der Waals surface area contributed by atoms with Gasteiger partial charge < -0.3 is 16.2 Å². The quantitative estimate of drug-likeness (QED) is 0.628. The van der Waals surface area contributed by atoms with Gasteiger partial charge in [0.25, 0.3) is 0 Å². The fourth-order valence-corrected chi connectivity index (χ4v) is 2.05. The van der Waals surface area contributed by atoms with Crippen molar-refractivity contribution in [1.82, 2.24) is 5.32 Å². The average Bonchev–Trinajstić information content (AvgIpc) is 2.28. The van der Waals surface area contributed by atoms with E-state index in [1.807, 2.05) is 6.92 Å². The molecule has 4 heteroatoms. The lowest BCUT2D eigenvalue weighted by Gasteiger charge is -2.31. The summed E-state index contributed by atoms with van der Waals surface area (Å²) < 4.78 is 0. The first-order chi connectivity index (χ1) is 7.19. The van der Waals surface area contributed by atoms with Crippen LogP contribution in [0, 0.1) is 11.8 Å². The summed E-state index contributed by atoms with van der Waals surface area (Å²) in [6, 6.07) is 0.144. The second kappa shape index (κ2) is 6.08. The Labute approximate surface area is 91.2 Å². The molecule has 1 aliphatic carbocycles. The third kappa shape index (κ3) is 3.47. The molecule has 0 aromatic rings. The fraction of sp³-hybridized carbons (Fsp3) is 0.909. The van der Waals surface area contributed by atoms with Crippen LogP contribution in [0.5, 0.6) is 0 Å². The summed E-state index contributed by atoms with van der Waals surface area (Å²) in [5.74, 6) is 0.113. The Bertz CT molecular complexity index is 209. The van der Waals surface area contributed by atoms with Crippen LogP contribution in [0.1, 0.15) is 32.6 Å². The highest BCUT2D eigenvalue weighted by molar-refractivity contribution is 5.78. The van der Waals surface area contributed by atoms with Gasteiger partial charge in [0, 0.05) is 31.0 Å². The van der Waals surface area contributed by atoms with Gasteiger partial charge in [-0.05, 0) is 12.8 Å². The zero-order valence-corrected chi connectivity index (χ0v) is 9.41. The van der Waals surface area contributed by atoms with Gasteiger partial charge in [0.2, 0.25) is 5.91 Å². The van der Waals surface area contributed by atoms with Crippen LogP contribution in [0.3, 0.4) is 0 Å². The maximum atomic E-state index is 11.6. The molecule has 0 heterocycles. The van der Waals surface area contributed by atoms with Gasteiger partial charge in [-0.15, -0.1) is 0 Å². The SMILES string of the molecule is CC(CN)C(=O)NC1CCCCC1CO. The molecule has 4 nitrogen and oxygen atoms in total. The highest BCUT2D eigenvalue weighted by Crippen LogP contribution is 2.24. The first kappa shape index (κ1) is 12.5. The van der Waals surface area contributed by atoms with Gasteiger partial charge in [0.1, 0.15) is 0 Å². The van der Waals surface area contributed by atoms with Crippen molar-refractivity contribution >= 4 is 5.91 Å². The van der Waals surface area contributed by atoms with Gasteiger partial charge in [-0.3, -0.25) is 4.79 Å². The molecular formula is C11H22N2O2. The van der Waals surface area contributed by atoms with Gasteiger partial charge in [0.15, 0.2) is 0 Å². The van der Waals surface area contributed by atoms with Gasteiger partial charge in [-0.25, -0.2) is 0 Å². The lowest BCUT2D eigenvalue weighted by Crippen LogP contribution is -2.46. The van der Waals surface area contributed by atoms with E-state index in [9.17, 15) is 9.90 Å². The van der Waals surface area contributed by atoms with E-state index in [1.165, 1.54) is 0 Å². The molecule has 3 unspecified atom stereocenters. The Hall–Kier alpha value is -0.610. The van der Waals surface area contributed by atoms with E-state index in [-0.39, 0.29) is 30.4 Å². The van der Waals surface area contributed by atoms with E-state index in [2.05, 4.69) is 5.32 Å². The smallest absolute Gasteiger partial charge is 0.224 e. The molecule has 0 aromatic carbocycles. The molecule has 1 aliphatic rings. The van der Waals surface area contributed by atoms with Crippen LogP contribution in [0.2, 0.25) is 0 Å². The Morgan fingerprint density at radius 1 is 1.53 bits per heavy atom. The minimum Gasteiger partial charge on any atom is -0.396 e. The number of hydrogen-bond acceptors (Lipinski definition) is 3. The number of rotatable bonds is 4. The monoisotopic (exact) mass is 214 g/mol. The van der Waals surface area contributed by atoms with Crippen molar-refractivity contribution in [3.63, 3.8) is 0 Å². The van der Waals surface area contributed by atoms with Crippen LogP contribution in [0.15, 0.2) is 0 Å². The molecule has 0 aromatic heterocycles. The summed E-state index contributed by atoms with van der Waals surface area (Å²) in [4.78, 5) is 11.6. The molecule has 1 saturated carbocycles. The van der Waals surface area contributed by atoms with Crippen molar-refractivity contribution in [3.05, 3.63) is 0 Å². The summed E-state index contributed by atoms with van der Waals surface area (Å²) >= 11 is 0. The predicted molar refractivity (Wildman–Crippen MR) is 59.2 cm³/mol. The number of aliphatic hydroxyl groups is 1. The minimum atomic E-state index is -0.133. The molecule has 1 fully saturated rings. The van der Waals surface area contributed by atoms with Crippen molar-refractivity contribution in [3.8, 4) is 0 Å². The highest BCUT2D eigenvalue weighted by atomic mass is 16.3. The molecular weight excluding hydrogens is 192 g/mol. The second-order valence-corrected chi connectivity index (χ2v) is 4.48. The highest BCUT2D eigenvalue weighted by Gasteiger charge is 2.26. The number of hydrogen-bond donors (Lipinski definition) is 3. The maximum absolute atomic E-state index is 11.6. The number of nitrogens with two attached hydrogens (primary N) is 1. The first-order valence-corrected chi connectivity index (χ1v) is 5.80. The summed E-state index contributed by atoms with van der Waals surface area (Å²) in [6.07, 6.45) is 4.29. The zero-order chi connectivity index (χ0) is 11.3. The number of carbonyl (C=O) groups is 1. The molecule has 0 saturated heterocycles. The van der Waals surface area contributed by atoms with E-state index < -0.39 is 0 Å². The van der Waals surface area contributed by atoms with Gasteiger partial charge in [-0.2, -0.15) is 0 Å². The maximum Gasteiger partial charge on any atom is 0.224 e. The third-order valence-electron chi connectivity index (χ3n) is 3.27. The van der Waals surface area contributed by atoms with Crippen LogP contribution in [-0.2, 0) is 4.79 Å². The van der Waals surface area contributed by atoms with Gasteiger partial charge in [0.05, 0.1) is 0 Å². The lowest BCUT2D eigenvalue weighted by molar-refractivity contribution is -0.125. The molecule has 0 aliphatic heterocycles. The van der Waals surface area contributed by atoms with E-state index in [4.69, 9.17) is 5.73 Å². The molecule has 88 valence electrons. The summed E-state index contributed by atoms with van der Waals surface area (Å²) in [7, 11) is 0. The molecule has 0 radical (unpaired) electrons. The molecule has 1 rings (SSSR count). The van der Waals surface area contributed by atoms with Crippen LogP contribution >= 0.6 is 0 Å². The number of nitrogens with one attached hydrogen (secondary N) is 1. The van der Waals surface area contributed by atoms with Crippen molar-refractivity contribution in [1.29, 1.82) is 0 Å². The normalized spacial score (nSPS) is 28.5. The van der Waals surface area contributed by atoms with E-state index in [0.29, 0.717) is 6.54 Å². The van der Waals surface area contributed by atoms with E-state index in [1.54, 1.807) is 0 Å². The minimum absolute atomic E-state index is 0.0165. The molecule has 15 heavy (non-hydrogen) atoms. The van der Waals surface area contributed by atoms with Crippen molar-refractivity contribution in [2.24, 2.45) is 17.6 Å². The van der Waals surface area contributed by atoms with Crippen LogP contribution < -0.4 is 11.1 Å². The molecule has 3 atom stereocenters. The van der Waals surface area contributed by atoms with Gasteiger partial charge in [-0.1, -0.05) is 19.8 Å². The van der Waals surface area contributed by atoms with Crippen molar-refractivity contribution in [2.75, 3.05) is 13.2 Å². The average molecular weight is 214 g/mol. The van der Waals surface area contributed by atoms with Crippen molar-refractivity contribution < 1.29 is 9.90 Å². The predicted octanol–water partition coefficient (Wildman–Crippen LogP) is 0.249. The molecule has 0 bridgehead atoms. The zero-order valence-electron chi connectivity index (χ0n) is 9.41. The van der Waals surface area contributed by atoms with E-state index >= 15 is 0 Å². The Kier molecular flexibility index (Phi) is 5.05. The van der Waals surface area contributed by atoms with E-state index in [0.717, 1.165) is 25.7 Å². The first-order valence-electron chi connectivity index (χ1n) is 5.80.